The van der Waals surface area contributed by atoms with Crippen molar-refractivity contribution in [2.45, 2.75) is 37.6 Å². The van der Waals surface area contributed by atoms with E-state index in [1.807, 2.05) is 18.2 Å². The van der Waals surface area contributed by atoms with E-state index in [0.29, 0.717) is 11.3 Å². The van der Waals surface area contributed by atoms with Gasteiger partial charge in [-0.15, -0.1) is 0 Å². The van der Waals surface area contributed by atoms with E-state index in [9.17, 15) is 27.9 Å². The van der Waals surface area contributed by atoms with Crippen LogP contribution in [0, 0.1) is 0 Å². The molecule has 0 aromatic heterocycles. The van der Waals surface area contributed by atoms with Crippen molar-refractivity contribution in [2.24, 2.45) is 0 Å². The van der Waals surface area contributed by atoms with Gasteiger partial charge in [-0.2, -0.15) is 13.2 Å². The number of halogens is 3. The number of hydrogen-bond donors (Lipinski definition) is 1. The average molecular weight is 571 g/mol. The molecule has 1 amide bonds. The topological polar surface area (TPSA) is 79.3 Å². The third kappa shape index (κ3) is 7.07. The van der Waals surface area contributed by atoms with Crippen LogP contribution in [0.1, 0.15) is 41.2 Å². The Morgan fingerprint density at radius 2 is 1.76 bits per heavy atom. The van der Waals surface area contributed by atoms with Crippen molar-refractivity contribution in [3.05, 3.63) is 95.1 Å². The Bertz CT molecular complexity index is 1350. The van der Waals surface area contributed by atoms with E-state index >= 15 is 0 Å². The van der Waals surface area contributed by atoms with Crippen LogP contribution in [-0.2, 0) is 26.9 Å². The fourth-order valence-electron chi connectivity index (χ4n) is 5.20. The predicted molar refractivity (Wildman–Crippen MR) is 148 cm³/mol. The van der Waals surface area contributed by atoms with Crippen LogP contribution in [0.3, 0.4) is 0 Å². The van der Waals surface area contributed by atoms with Gasteiger partial charge in [0.2, 0.25) is 0 Å². The molecule has 3 aromatic carbocycles. The number of aliphatic hydroxyl groups is 1. The highest BCUT2D eigenvalue weighted by Crippen LogP contribution is 2.43. The maximum Gasteiger partial charge on any atom is 0.416 e. The molecular weight excluding hydrogens is 537 g/mol. The van der Waals surface area contributed by atoms with Crippen LogP contribution in [0.15, 0.2) is 72.8 Å². The number of hydrogen-bond acceptors (Lipinski definition) is 6. The molecule has 0 saturated carbocycles. The zero-order chi connectivity index (χ0) is 29.7. The number of likely N-dealkylation sites (N-methyl/N-ethyl adjacent to an activating group) is 1. The fraction of sp³-hybridized carbons (Fsp3) is 0.355. The van der Waals surface area contributed by atoms with Gasteiger partial charge in [0.05, 0.1) is 18.8 Å². The minimum atomic E-state index is -4.66. The molecule has 0 aliphatic carbocycles. The Kier molecular flexibility index (Phi) is 9.35. The third-order valence-electron chi connectivity index (χ3n) is 7.26. The minimum Gasteiger partial charge on any atom is -0.497 e. The number of fused-ring (bicyclic) bond motifs is 1. The van der Waals surface area contributed by atoms with Gasteiger partial charge >= 0.3 is 12.1 Å². The number of ether oxygens (including phenoxy) is 2. The summed E-state index contributed by atoms with van der Waals surface area (Å²) in [5, 5.41) is 10.6. The Hall–Kier alpha value is -3.89. The summed E-state index contributed by atoms with van der Waals surface area (Å²) in [7, 11) is 3.25. The Labute approximate surface area is 237 Å². The van der Waals surface area contributed by atoms with E-state index in [4.69, 9.17) is 9.47 Å². The second-order valence-electron chi connectivity index (χ2n) is 10.1. The molecule has 4 rings (SSSR count). The summed E-state index contributed by atoms with van der Waals surface area (Å²) >= 11 is 0. The van der Waals surface area contributed by atoms with E-state index in [1.54, 1.807) is 48.3 Å². The molecule has 218 valence electrons. The highest BCUT2D eigenvalue weighted by atomic mass is 19.4. The molecule has 1 heterocycles. The van der Waals surface area contributed by atoms with Crippen LogP contribution < -0.4 is 9.64 Å². The van der Waals surface area contributed by atoms with Crippen molar-refractivity contribution in [3.8, 4) is 5.75 Å². The van der Waals surface area contributed by atoms with E-state index in [2.05, 4.69) is 0 Å². The molecule has 0 spiro atoms. The monoisotopic (exact) mass is 570 g/mol. The molecule has 41 heavy (non-hydrogen) atoms. The number of alkyl halides is 3. The SMILES string of the molecule is COc1ccc([C@@H]2Cc3c(cccc3C(F)(F)F)N(CCN(C)CC(O)c3ccccc3)C(=O)[C@@H]2OC(C)=O)cc1. The standard InChI is InChI=1S/C31H33F3N2O5/c1-20(37)41-29-24(21-12-14-23(40-3)15-13-21)18-25-26(31(32,33)34)10-7-11-27(25)36(30(29)39)17-16-35(2)19-28(38)22-8-5-4-6-9-22/h4-15,24,28-29,38H,16-19H2,1-3H3/t24-,28?,29+/m0/s1. The smallest absolute Gasteiger partial charge is 0.416 e. The van der Waals surface area contributed by atoms with E-state index in [0.717, 1.165) is 11.6 Å². The van der Waals surface area contributed by atoms with Crippen molar-refractivity contribution in [1.29, 1.82) is 0 Å². The second kappa shape index (κ2) is 12.7. The lowest BCUT2D eigenvalue weighted by atomic mass is 9.86. The van der Waals surface area contributed by atoms with Crippen molar-refractivity contribution >= 4 is 17.6 Å². The summed E-state index contributed by atoms with van der Waals surface area (Å²) in [5.74, 6) is -1.67. The average Bonchev–Trinajstić information content (AvgIpc) is 3.05. The summed E-state index contributed by atoms with van der Waals surface area (Å²) in [5.41, 5.74) is 0.495. The van der Waals surface area contributed by atoms with Crippen molar-refractivity contribution in [2.75, 3.05) is 38.7 Å². The van der Waals surface area contributed by atoms with Crippen LogP contribution in [-0.4, -0.2) is 61.8 Å². The van der Waals surface area contributed by atoms with Gasteiger partial charge < -0.3 is 24.4 Å². The molecule has 1 unspecified atom stereocenters. The van der Waals surface area contributed by atoms with Gasteiger partial charge in [-0.1, -0.05) is 48.5 Å². The van der Waals surface area contributed by atoms with Crippen LogP contribution in [0.25, 0.3) is 0 Å². The fourth-order valence-corrected chi connectivity index (χ4v) is 5.20. The van der Waals surface area contributed by atoms with Gasteiger partial charge in [-0.3, -0.25) is 9.59 Å². The predicted octanol–water partition coefficient (Wildman–Crippen LogP) is 4.98. The summed E-state index contributed by atoms with van der Waals surface area (Å²) in [4.78, 5) is 29.3. The molecule has 0 radical (unpaired) electrons. The minimum absolute atomic E-state index is 0.0122. The number of nitrogens with zero attached hydrogens (tertiary/aromatic N) is 2. The summed E-state index contributed by atoms with van der Waals surface area (Å²) in [6, 6.07) is 19.5. The van der Waals surface area contributed by atoms with Gasteiger partial charge in [0, 0.05) is 38.2 Å². The molecular formula is C31H33F3N2O5. The molecule has 1 aliphatic rings. The lowest BCUT2D eigenvalue weighted by molar-refractivity contribution is -0.154. The summed E-state index contributed by atoms with van der Waals surface area (Å²) < 4.78 is 53.5. The van der Waals surface area contributed by atoms with Gasteiger partial charge in [0.1, 0.15) is 5.75 Å². The first-order chi connectivity index (χ1) is 19.5. The maximum atomic E-state index is 14.2. The number of carbonyl (C=O) groups excluding carboxylic acids is 2. The first-order valence-corrected chi connectivity index (χ1v) is 13.2. The zero-order valence-corrected chi connectivity index (χ0v) is 23.1. The van der Waals surface area contributed by atoms with E-state index in [1.165, 1.54) is 31.1 Å². The Balaban J connectivity index is 1.71. The Morgan fingerprint density at radius 3 is 2.37 bits per heavy atom. The number of methoxy groups -OCH3 is 1. The number of benzene rings is 3. The number of carbonyl (C=O) groups is 2. The quantitative estimate of drug-likeness (QED) is 0.366. The summed E-state index contributed by atoms with van der Waals surface area (Å²) in [6.45, 7) is 1.66. The maximum absolute atomic E-state index is 14.2. The molecule has 3 aromatic rings. The van der Waals surface area contributed by atoms with Crippen molar-refractivity contribution < 1.29 is 37.3 Å². The molecule has 0 fully saturated rings. The lowest BCUT2D eigenvalue weighted by Gasteiger charge is -2.30. The van der Waals surface area contributed by atoms with Crippen molar-refractivity contribution in [1.82, 2.24) is 4.90 Å². The first-order valence-electron chi connectivity index (χ1n) is 13.2. The number of anilines is 1. The largest absolute Gasteiger partial charge is 0.497 e. The van der Waals surface area contributed by atoms with Crippen LogP contribution >= 0.6 is 0 Å². The number of rotatable bonds is 9. The number of esters is 1. The van der Waals surface area contributed by atoms with E-state index < -0.39 is 41.7 Å². The second-order valence-corrected chi connectivity index (χ2v) is 10.1. The van der Waals surface area contributed by atoms with Crippen LogP contribution in [0.4, 0.5) is 18.9 Å². The molecule has 10 heteroatoms. The highest BCUT2D eigenvalue weighted by molar-refractivity contribution is 6.00. The van der Waals surface area contributed by atoms with E-state index in [-0.39, 0.29) is 37.3 Å². The molecule has 7 nitrogen and oxygen atoms in total. The molecule has 0 saturated heterocycles. The van der Waals surface area contributed by atoms with Gasteiger partial charge in [0.15, 0.2) is 6.10 Å². The zero-order valence-electron chi connectivity index (χ0n) is 23.1. The van der Waals surface area contributed by atoms with Crippen molar-refractivity contribution in [3.63, 3.8) is 0 Å². The molecule has 3 atom stereocenters. The molecule has 1 N–H and O–H groups in total. The highest BCUT2D eigenvalue weighted by Gasteiger charge is 2.44. The van der Waals surface area contributed by atoms with Gasteiger partial charge in [-0.05, 0) is 54.4 Å². The third-order valence-corrected chi connectivity index (χ3v) is 7.26. The number of amides is 1. The van der Waals surface area contributed by atoms with Gasteiger partial charge in [-0.25, -0.2) is 0 Å². The van der Waals surface area contributed by atoms with Crippen LogP contribution in [0.2, 0.25) is 0 Å². The normalized spacial score (nSPS) is 18.0. The Morgan fingerprint density at radius 1 is 1.07 bits per heavy atom. The lowest BCUT2D eigenvalue weighted by Crippen LogP contribution is -2.46. The molecule has 1 aliphatic heterocycles. The first kappa shape index (κ1) is 30.1. The van der Waals surface area contributed by atoms with Gasteiger partial charge in [0.25, 0.3) is 5.91 Å². The number of aliphatic hydroxyl groups excluding tert-OH is 1. The summed E-state index contributed by atoms with van der Waals surface area (Å²) in [6.07, 6.45) is -6.99. The molecule has 0 bridgehead atoms. The van der Waals surface area contributed by atoms with Crippen LogP contribution in [0.5, 0.6) is 5.75 Å².